The van der Waals surface area contributed by atoms with Crippen LogP contribution in [-0.4, -0.2) is 25.8 Å². The molecule has 5 nitrogen and oxygen atoms in total. The Morgan fingerprint density at radius 3 is 2.58 bits per heavy atom. The summed E-state index contributed by atoms with van der Waals surface area (Å²) in [6.45, 7) is 4.22. The molecule has 0 spiro atoms. The molecule has 106 valence electrons. The van der Waals surface area contributed by atoms with Crippen LogP contribution in [0.1, 0.15) is 26.2 Å². The van der Waals surface area contributed by atoms with Crippen molar-refractivity contribution in [1.29, 1.82) is 0 Å². The van der Waals surface area contributed by atoms with Crippen LogP contribution in [0, 0.1) is 0 Å². The largest absolute Gasteiger partial charge is 0.399 e. The molecule has 1 aromatic carbocycles. The number of hydrogen-bond donors (Lipinski definition) is 3. The van der Waals surface area contributed by atoms with Crippen molar-refractivity contribution in [2.24, 2.45) is 0 Å². The summed E-state index contributed by atoms with van der Waals surface area (Å²) in [5, 5.41) is 5.51. The Balaban J connectivity index is 2.06. The van der Waals surface area contributed by atoms with Crippen LogP contribution in [0.3, 0.4) is 0 Å². The summed E-state index contributed by atoms with van der Waals surface area (Å²) in [5.74, 6) is 0. The number of hydrogen-bond acceptors (Lipinski definition) is 3. The zero-order chi connectivity index (χ0) is 13.9. The van der Waals surface area contributed by atoms with Crippen molar-refractivity contribution >= 4 is 17.4 Å². The fraction of sp³-hybridized carbons (Fsp3) is 0.500. The van der Waals surface area contributed by atoms with Gasteiger partial charge >= 0.3 is 6.03 Å². The van der Waals surface area contributed by atoms with Gasteiger partial charge in [-0.15, -0.1) is 0 Å². The minimum atomic E-state index is -0.210. The van der Waals surface area contributed by atoms with Crippen LogP contribution in [0.15, 0.2) is 24.3 Å². The molecule has 0 atom stereocenters. The maximum atomic E-state index is 11.5. The molecule has 1 aromatic rings. The predicted molar refractivity (Wildman–Crippen MR) is 78.2 cm³/mol. The lowest BCUT2D eigenvalue weighted by atomic mass is 10.3. The van der Waals surface area contributed by atoms with Gasteiger partial charge in [0.2, 0.25) is 0 Å². The normalized spacial score (nSPS) is 10.2. The summed E-state index contributed by atoms with van der Waals surface area (Å²) in [7, 11) is 0. The Morgan fingerprint density at radius 1 is 1.21 bits per heavy atom. The first-order valence-corrected chi connectivity index (χ1v) is 6.70. The SMILES string of the molecule is CCCCOCCCNC(=O)Nc1ccc(N)cc1. The minimum Gasteiger partial charge on any atom is -0.399 e. The second-order valence-electron chi connectivity index (χ2n) is 4.32. The molecule has 0 aromatic heterocycles. The Bertz CT molecular complexity index is 365. The molecule has 1 rings (SSSR count). The molecule has 0 saturated heterocycles. The highest BCUT2D eigenvalue weighted by Crippen LogP contribution is 2.09. The number of unbranched alkanes of at least 4 members (excludes halogenated alkanes) is 1. The average molecular weight is 265 g/mol. The molecule has 5 heteroatoms. The summed E-state index contributed by atoms with van der Waals surface area (Å²) in [6, 6.07) is 6.82. The molecule has 0 radical (unpaired) electrons. The summed E-state index contributed by atoms with van der Waals surface area (Å²) >= 11 is 0. The third kappa shape index (κ3) is 7.31. The molecule has 0 aliphatic rings. The number of nitrogen functional groups attached to an aromatic ring is 1. The molecule has 19 heavy (non-hydrogen) atoms. The summed E-state index contributed by atoms with van der Waals surface area (Å²) in [6.07, 6.45) is 3.05. The van der Waals surface area contributed by atoms with Crippen LogP contribution in [0.2, 0.25) is 0 Å². The van der Waals surface area contributed by atoms with Crippen LogP contribution >= 0.6 is 0 Å². The average Bonchev–Trinajstić information content (AvgIpc) is 2.40. The van der Waals surface area contributed by atoms with Crippen molar-refractivity contribution in [3.8, 4) is 0 Å². The van der Waals surface area contributed by atoms with Gasteiger partial charge in [-0.2, -0.15) is 0 Å². The second kappa shape index (κ2) is 9.22. The summed E-state index contributed by atoms with van der Waals surface area (Å²) in [5.41, 5.74) is 6.97. The van der Waals surface area contributed by atoms with Crippen LogP contribution in [-0.2, 0) is 4.74 Å². The first-order chi connectivity index (χ1) is 9.22. The Hall–Kier alpha value is -1.75. The van der Waals surface area contributed by atoms with Gasteiger partial charge < -0.3 is 21.1 Å². The maximum Gasteiger partial charge on any atom is 0.319 e. The molecule has 0 aliphatic carbocycles. The Labute approximate surface area is 114 Å². The number of nitrogens with two attached hydrogens (primary N) is 1. The Kier molecular flexibility index (Phi) is 7.43. The van der Waals surface area contributed by atoms with Crippen molar-refractivity contribution in [2.45, 2.75) is 26.2 Å². The lowest BCUT2D eigenvalue weighted by Crippen LogP contribution is -2.30. The van der Waals surface area contributed by atoms with Gasteiger partial charge in [0.15, 0.2) is 0 Å². The van der Waals surface area contributed by atoms with Gasteiger partial charge in [-0.1, -0.05) is 13.3 Å². The number of amides is 2. The zero-order valence-electron chi connectivity index (χ0n) is 11.4. The third-order valence-electron chi connectivity index (χ3n) is 2.56. The quantitative estimate of drug-likeness (QED) is 0.499. The van der Waals surface area contributed by atoms with Crippen LogP contribution in [0.25, 0.3) is 0 Å². The van der Waals surface area contributed by atoms with Crippen LogP contribution in [0.4, 0.5) is 16.2 Å². The van der Waals surface area contributed by atoms with Crippen molar-refractivity contribution in [2.75, 3.05) is 30.8 Å². The van der Waals surface area contributed by atoms with Gasteiger partial charge in [-0.05, 0) is 37.1 Å². The number of rotatable bonds is 8. The van der Waals surface area contributed by atoms with Gasteiger partial charge in [-0.3, -0.25) is 0 Å². The number of ether oxygens (including phenoxy) is 1. The molecule has 0 unspecified atom stereocenters. The van der Waals surface area contributed by atoms with Gasteiger partial charge in [0.05, 0.1) is 0 Å². The lowest BCUT2D eigenvalue weighted by molar-refractivity contribution is 0.129. The van der Waals surface area contributed by atoms with Crippen LogP contribution in [0.5, 0.6) is 0 Å². The molecule has 0 fully saturated rings. The van der Waals surface area contributed by atoms with Crippen LogP contribution < -0.4 is 16.4 Å². The smallest absolute Gasteiger partial charge is 0.319 e. The molecule has 4 N–H and O–H groups in total. The molecule has 0 aliphatic heterocycles. The van der Waals surface area contributed by atoms with E-state index in [0.717, 1.165) is 31.6 Å². The second-order valence-corrected chi connectivity index (χ2v) is 4.32. The van der Waals surface area contributed by atoms with Crippen molar-refractivity contribution < 1.29 is 9.53 Å². The fourth-order valence-corrected chi connectivity index (χ4v) is 1.47. The first-order valence-electron chi connectivity index (χ1n) is 6.70. The van der Waals surface area contributed by atoms with E-state index >= 15 is 0 Å². The van der Waals surface area contributed by atoms with Crippen molar-refractivity contribution in [3.05, 3.63) is 24.3 Å². The summed E-state index contributed by atoms with van der Waals surface area (Å²) < 4.78 is 5.40. The first kappa shape index (κ1) is 15.3. The summed E-state index contributed by atoms with van der Waals surface area (Å²) in [4.78, 5) is 11.5. The third-order valence-corrected chi connectivity index (χ3v) is 2.56. The van der Waals surface area contributed by atoms with Gasteiger partial charge in [-0.25, -0.2) is 4.79 Å². The standard InChI is InChI=1S/C14H23N3O2/c1-2-3-10-19-11-4-9-16-14(18)17-13-7-5-12(15)6-8-13/h5-8H,2-4,9-11,15H2,1H3,(H2,16,17,18). The number of carbonyl (C=O) groups is 1. The predicted octanol–water partition coefficient (Wildman–Crippen LogP) is 2.60. The zero-order valence-corrected chi connectivity index (χ0v) is 11.4. The number of urea groups is 1. The van der Waals surface area contributed by atoms with Gasteiger partial charge in [0.25, 0.3) is 0 Å². The van der Waals surface area contributed by atoms with E-state index in [-0.39, 0.29) is 6.03 Å². The Morgan fingerprint density at radius 2 is 1.89 bits per heavy atom. The monoisotopic (exact) mass is 265 g/mol. The van der Waals surface area contributed by atoms with E-state index in [0.29, 0.717) is 18.8 Å². The molecule has 2 amide bonds. The maximum absolute atomic E-state index is 11.5. The molecule has 0 bridgehead atoms. The molecule has 0 heterocycles. The van der Waals surface area contributed by atoms with E-state index in [1.807, 2.05) is 0 Å². The van der Waals surface area contributed by atoms with Gasteiger partial charge in [0, 0.05) is 31.1 Å². The highest BCUT2D eigenvalue weighted by atomic mass is 16.5. The number of benzene rings is 1. The van der Waals surface area contributed by atoms with Crippen molar-refractivity contribution in [1.82, 2.24) is 5.32 Å². The molecular formula is C14H23N3O2. The van der Waals surface area contributed by atoms with E-state index < -0.39 is 0 Å². The fourth-order valence-electron chi connectivity index (χ4n) is 1.47. The van der Waals surface area contributed by atoms with E-state index in [2.05, 4.69) is 17.6 Å². The van der Waals surface area contributed by atoms with E-state index in [4.69, 9.17) is 10.5 Å². The number of carbonyl (C=O) groups excluding carboxylic acids is 1. The lowest BCUT2D eigenvalue weighted by Gasteiger charge is -2.08. The number of nitrogens with one attached hydrogen (secondary N) is 2. The van der Waals surface area contributed by atoms with E-state index in [1.54, 1.807) is 24.3 Å². The highest BCUT2D eigenvalue weighted by Gasteiger charge is 2.00. The topological polar surface area (TPSA) is 76.4 Å². The van der Waals surface area contributed by atoms with E-state index in [9.17, 15) is 4.79 Å². The minimum absolute atomic E-state index is 0.210. The van der Waals surface area contributed by atoms with Crippen molar-refractivity contribution in [3.63, 3.8) is 0 Å². The number of anilines is 2. The highest BCUT2D eigenvalue weighted by molar-refractivity contribution is 5.89. The van der Waals surface area contributed by atoms with Gasteiger partial charge in [0.1, 0.15) is 0 Å². The molecule has 0 saturated carbocycles. The van der Waals surface area contributed by atoms with E-state index in [1.165, 1.54) is 0 Å². The molecular weight excluding hydrogens is 242 g/mol.